The molecule has 106 valence electrons. The van der Waals surface area contributed by atoms with Gasteiger partial charge in [-0.15, -0.1) is 0 Å². The Balaban J connectivity index is 2.41. The van der Waals surface area contributed by atoms with Gasteiger partial charge >= 0.3 is 5.69 Å². The summed E-state index contributed by atoms with van der Waals surface area (Å²) in [6, 6.07) is 3.77. The Kier molecular flexibility index (Phi) is 4.17. The number of hydrogen-bond donors (Lipinski definition) is 2. The first kappa shape index (κ1) is 14.2. The molecule has 7 nitrogen and oxygen atoms in total. The average Bonchev–Trinajstić information content (AvgIpc) is 2.47. The zero-order valence-corrected chi connectivity index (χ0v) is 10.8. The quantitative estimate of drug-likeness (QED) is 0.639. The van der Waals surface area contributed by atoms with Gasteiger partial charge in [-0.25, -0.2) is 0 Å². The molecule has 20 heavy (non-hydrogen) atoms. The van der Waals surface area contributed by atoms with Crippen molar-refractivity contribution in [2.45, 2.75) is 18.9 Å². The van der Waals surface area contributed by atoms with E-state index in [1.807, 2.05) is 6.07 Å². The fourth-order valence-electron chi connectivity index (χ4n) is 2.43. The van der Waals surface area contributed by atoms with Gasteiger partial charge in [0.2, 0.25) is 0 Å². The van der Waals surface area contributed by atoms with Gasteiger partial charge in [0.05, 0.1) is 16.6 Å². The Labute approximate surface area is 115 Å². The first-order chi connectivity index (χ1) is 9.54. The lowest BCUT2D eigenvalue weighted by molar-refractivity contribution is -0.386. The Bertz CT molecular complexity index is 561. The third-order valence-corrected chi connectivity index (χ3v) is 3.58. The van der Waals surface area contributed by atoms with Crippen molar-refractivity contribution in [1.29, 1.82) is 5.26 Å². The molecule has 1 saturated heterocycles. The fraction of sp³-hybridized carbons (Fsp3) is 0.462. The molecule has 1 aromatic carbocycles. The largest absolute Gasteiger partial charge is 0.502 e. The van der Waals surface area contributed by atoms with Crippen LogP contribution in [0.25, 0.3) is 0 Å². The zero-order chi connectivity index (χ0) is 14.7. The van der Waals surface area contributed by atoms with Crippen LogP contribution >= 0.6 is 0 Å². The summed E-state index contributed by atoms with van der Waals surface area (Å²) in [6.45, 7) is 1.17. The number of ether oxygens (including phenoxy) is 1. The second kappa shape index (κ2) is 5.86. The standard InChI is InChI=1S/C13H15N3O4/c14-7-8-5-10(13(17)11(6-8)16(18)19)12(15)9-1-3-20-4-2-9/h5-6,9,12,17H,1-4,15H2/t12-/m0/s1. The van der Waals surface area contributed by atoms with E-state index in [4.69, 9.17) is 15.7 Å². The number of hydrogen-bond acceptors (Lipinski definition) is 6. The zero-order valence-electron chi connectivity index (χ0n) is 10.8. The van der Waals surface area contributed by atoms with E-state index in [9.17, 15) is 15.2 Å². The minimum Gasteiger partial charge on any atom is -0.502 e. The molecule has 0 aliphatic carbocycles. The van der Waals surface area contributed by atoms with Crippen LogP contribution in [0.5, 0.6) is 5.75 Å². The molecule has 0 spiro atoms. The van der Waals surface area contributed by atoms with Crippen molar-refractivity contribution >= 4 is 5.69 Å². The van der Waals surface area contributed by atoms with Gasteiger partial charge < -0.3 is 15.6 Å². The molecule has 7 heteroatoms. The van der Waals surface area contributed by atoms with Crippen molar-refractivity contribution < 1.29 is 14.8 Å². The first-order valence-corrected chi connectivity index (χ1v) is 6.29. The first-order valence-electron chi connectivity index (χ1n) is 6.29. The van der Waals surface area contributed by atoms with E-state index in [2.05, 4.69) is 0 Å². The van der Waals surface area contributed by atoms with Gasteiger partial charge in [0.1, 0.15) is 0 Å². The van der Waals surface area contributed by atoms with E-state index in [-0.39, 0.29) is 17.0 Å². The van der Waals surface area contributed by atoms with Crippen molar-refractivity contribution in [1.82, 2.24) is 0 Å². The van der Waals surface area contributed by atoms with Crippen LogP contribution in [-0.4, -0.2) is 23.2 Å². The summed E-state index contributed by atoms with van der Waals surface area (Å²) in [5, 5.41) is 29.9. The topological polar surface area (TPSA) is 122 Å². The molecule has 1 aromatic rings. The number of nitro benzene ring substituents is 1. The average molecular weight is 277 g/mol. The maximum Gasteiger partial charge on any atom is 0.312 e. The van der Waals surface area contributed by atoms with Gasteiger partial charge in [0, 0.05) is 30.9 Å². The Hall–Kier alpha value is -2.17. The van der Waals surface area contributed by atoms with Crippen molar-refractivity contribution in [3.8, 4) is 11.8 Å². The summed E-state index contributed by atoms with van der Waals surface area (Å²) in [4.78, 5) is 10.2. The molecule has 0 radical (unpaired) electrons. The Morgan fingerprint density at radius 2 is 2.15 bits per heavy atom. The number of rotatable bonds is 3. The molecule has 1 aliphatic heterocycles. The molecule has 1 fully saturated rings. The number of nitrogens with two attached hydrogens (primary N) is 1. The SMILES string of the molecule is N#Cc1cc([C@@H](N)C2CCOCC2)c(O)c([N+](=O)[O-])c1. The molecule has 0 bridgehead atoms. The molecule has 1 aliphatic rings. The van der Waals surface area contributed by atoms with Crippen LogP contribution in [0.4, 0.5) is 5.69 Å². The number of nitro groups is 1. The van der Waals surface area contributed by atoms with E-state index >= 15 is 0 Å². The lowest BCUT2D eigenvalue weighted by Crippen LogP contribution is -2.27. The number of nitrogens with zero attached hydrogens (tertiary/aromatic N) is 2. The minimum absolute atomic E-state index is 0.0724. The Morgan fingerprint density at radius 1 is 1.50 bits per heavy atom. The predicted octanol–water partition coefficient (Wildman–Crippen LogP) is 1.60. The number of nitriles is 1. The van der Waals surface area contributed by atoms with Crippen LogP contribution in [0.2, 0.25) is 0 Å². The van der Waals surface area contributed by atoms with E-state index in [0.29, 0.717) is 13.2 Å². The number of phenols is 1. The summed E-state index contributed by atoms with van der Waals surface area (Å²) in [7, 11) is 0. The van der Waals surface area contributed by atoms with E-state index < -0.39 is 22.4 Å². The Morgan fingerprint density at radius 3 is 2.70 bits per heavy atom. The van der Waals surface area contributed by atoms with Crippen LogP contribution in [0, 0.1) is 27.4 Å². The summed E-state index contributed by atoms with van der Waals surface area (Å²) in [5.41, 5.74) is 6.00. The van der Waals surface area contributed by atoms with Crippen LogP contribution in [0.1, 0.15) is 30.0 Å². The van der Waals surface area contributed by atoms with E-state index in [1.165, 1.54) is 6.07 Å². The number of phenolic OH excluding ortho intramolecular Hbond substituents is 1. The van der Waals surface area contributed by atoms with Crippen molar-refractivity contribution in [2.24, 2.45) is 11.7 Å². The van der Waals surface area contributed by atoms with E-state index in [1.54, 1.807) is 0 Å². The van der Waals surface area contributed by atoms with E-state index in [0.717, 1.165) is 18.9 Å². The van der Waals surface area contributed by atoms with Gasteiger partial charge in [-0.3, -0.25) is 10.1 Å². The third kappa shape index (κ3) is 2.71. The summed E-state index contributed by atoms with van der Waals surface area (Å²) in [6.07, 6.45) is 1.45. The van der Waals surface area contributed by atoms with Crippen molar-refractivity contribution in [3.63, 3.8) is 0 Å². The van der Waals surface area contributed by atoms with Gasteiger partial charge in [-0.1, -0.05) is 0 Å². The normalized spacial score (nSPS) is 17.4. The van der Waals surface area contributed by atoms with Crippen LogP contribution < -0.4 is 5.73 Å². The highest BCUT2D eigenvalue weighted by atomic mass is 16.6. The van der Waals surface area contributed by atoms with Crippen LogP contribution in [0.3, 0.4) is 0 Å². The smallest absolute Gasteiger partial charge is 0.312 e. The second-order valence-electron chi connectivity index (χ2n) is 4.78. The van der Waals surface area contributed by atoms with Gasteiger partial charge in [-0.2, -0.15) is 5.26 Å². The minimum atomic E-state index is -0.712. The maximum absolute atomic E-state index is 10.9. The highest BCUT2D eigenvalue weighted by Gasteiger charge is 2.28. The molecular weight excluding hydrogens is 262 g/mol. The van der Waals surface area contributed by atoms with Crippen molar-refractivity contribution in [2.75, 3.05) is 13.2 Å². The maximum atomic E-state index is 10.9. The summed E-state index contributed by atoms with van der Waals surface area (Å²) >= 11 is 0. The third-order valence-electron chi connectivity index (χ3n) is 3.58. The molecule has 3 N–H and O–H groups in total. The fourth-order valence-corrected chi connectivity index (χ4v) is 2.43. The van der Waals surface area contributed by atoms with Gasteiger partial charge in [0.15, 0.2) is 5.75 Å². The highest BCUT2D eigenvalue weighted by molar-refractivity contribution is 5.57. The van der Waals surface area contributed by atoms with Gasteiger partial charge in [-0.05, 0) is 24.8 Å². The molecule has 1 atom stereocenters. The molecule has 2 rings (SSSR count). The van der Waals surface area contributed by atoms with Crippen molar-refractivity contribution in [3.05, 3.63) is 33.4 Å². The lowest BCUT2D eigenvalue weighted by Gasteiger charge is -2.28. The molecule has 0 aromatic heterocycles. The molecule has 0 amide bonds. The van der Waals surface area contributed by atoms with Gasteiger partial charge in [0.25, 0.3) is 0 Å². The highest BCUT2D eigenvalue weighted by Crippen LogP contribution is 2.38. The second-order valence-corrected chi connectivity index (χ2v) is 4.78. The molecule has 0 saturated carbocycles. The summed E-state index contributed by atoms with van der Waals surface area (Å²) in [5.74, 6) is -0.379. The molecule has 1 heterocycles. The molecular formula is C13H15N3O4. The number of benzene rings is 1. The number of aromatic hydroxyl groups is 1. The van der Waals surface area contributed by atoms with Crippen LogP contribution in [0.15, 0.2) is 12.1 Å². The predicted molar refractivity (Wildman–Crippen MR) is 69.9 cm³/mol. The monoisotopic (exact) mass is 277 g/mol. The lowest BCUT2D eigenvalue weighted by atomic mass is 9.86. The van der Waals surface area contributed by atoms with Crippen LogP contribution in [-0.2, 0) is 4.74 Å². The summed E-state index contributed by atoms with van der Waals surface area (Å²) < 4.78 is 5.24. The molecule has 0 unspecified atom stereocenters.